The Balaban J connectivity index is 1.74. The van der Waals surface area contributed by atoms with Crippen LogP contribution in [0.1, 0.15) is 6.42 Å². The molecule has 0 bridgehead atoms. The molecule has 0 fully saturated rings. The lowest BCUT2D eigenvalue weighted by Gasteiger charge is -2.04. The van der Waals surface area contributed by atoms with E-state index in [0.29, 0.717) is 23.0 Å². The van der Waals surface area contributed by atoms with Crippen molar-refractivity contribution in [2.45, 2.75) is 11.4 Å². The Bertz CT molecular complexity index is 533. The second kappa shape index (κ2) is 7.11. The van der Waals surface area contributed by atoms with Crippen LogP contribution in [0.3, 0.4) is 0 Å². The summed E-state index contributed by atoms with van der Waals surface area (Å²) >= 11 is 7.26. The van der Waals surface area contributed by atoms with Crippen LogP contribution >= 0.6 is 23.4 Å². The van der Waals surface area contributed by atoms with Crippen LogP contribution in [0.2, 0.25) is 5.02 Å². The molecule has 0 radical (unpaired) electrons. The topological polar surface area (TPSA) is 54.9 Å². The standard InChI is InChI=1S/C13H12ClN3OS/c14-10-4-5-11(16-9-10)17-12(18)6-8-19-13-3-1-2-7-15-13/h1-5,7,9H,6,8H2,(H,16,17,18). The molecule has 0 aliphatic carbocycles. The SMILES string of the molecule is O=C(CCSc1ccccn1)Nc1ccc(Cl)cn1. The number of anilines is 1. The lowest BCUT2D eigenvalue weighted by Crippen LogP contribution is -2.13. The molecular formula is C13H12ClN3OS. The number of hydrogen-bond donors (Lipinski definition) is 1. The number of pyridine rings is 2. The van der Waals surface area contributed by atoms with Gasteiger partial charge in [-0.15, -0.1) is 11.8 Å². The van der Waals surface area contributed by atoms with Crippen molar-refractivity contribution in [3.63, 3.8) is 0 Å². The summed E-state index contributed by atoms with van der Waals surface area (Å²) in [6.07, 6.45) is 3.64. The number of carbonyl (C=O) groups excluding carboxylic acids is 1. The number of nitrogens with one attached hydrogen (secondary N) is 1. The zero-order valence-corrected chi connectivity index (χ0v) is 11.6. The summed E-state index contributed by atoms with van der Waals surface area (Å²) in [6.45, 7) is 0. The Morgan fingerprint density at radius 3 is 2.84 bits per heavy atom. The normalized spacial score (nSPS) is 10.2. The van der Waals surface area contributed by atoms with Gasteiger partial charge in [0.15, 0.2) is 0 Å². The van der Waals surface area contributed by atoms with E-state index in [4.69, 9.17) is 11.6 Å². The van der Waals surface area contributed by atoms with E-state index in [1.54, 1.807) is 30.1 Å². The molecule has 0 saturated heterocycles. The van der Waals surface area contributed by atoms with Crippen molar-refractivity contribution in [2.75, 3.05) is 11.1 Å². The molecule has 0 unspecified atom stereocenters. The van der Waals surface area contributed by atoms with Crippen molar-refractivity contribution >= 4 is 35.1 Å². The number of rotatable bonds is 5. The van der Waals surface area contributed by atoms with E-state index in [1.165, 1.54) is 6.20 Å². The predicted molar refractivity (Wildman–Crippen MR) is 77.5 cm³/mol. The molecule has 2 aromatic rings. The Kier molecular flexibility index (Phi) is 5.18. The summed E-state index contributed by atoms with van der Waals surface area (Å²) in [7, 11) is 0. The predicted octanol–water partition coefficient (Wildman–Crippen LogP) is 3.25. The third kappa shape index (κ3) is 4.89. The summed E-state index contributed by atoms with van der Waals surface area (Å²) in [5, 5.41) is 4.17. The minimum atomic E-state index is -0.0711. The van der Waals surface area contributed by atoms with Crippen LogP contribution in [-0.4, -0.2) is 21.6 Å². The molecule has 2 aromatic heterocycles. The van der Waals surface area contributed by atoms with E-state index in [2.05, 4.69) is 15.3 Å². The first-order valence-corrected chi connectivity index (χ1v) is 7.05. The van der Waals surface area contributed by atoms with Gasteiger partial charge in [0.25, 0.3) is 0 Å². The Morgan fingerprint density at radius 2 is 2.16 bits per heavy atom. The molecule has 4 nitrogen and oxygen atoms in total. The number of aromatic nitrogens is 2. The largest absolute Gasteiger partial charge is 0.311 e. The van der Waals surface area contributed by atoms with E-state index < -0.39 is 0 Å². The molecule has 0 atom stereocenters. The fourth-order valence-electron chi connectivity index (χ4n) is 1.34. The third-order valence-corrected chi connectivity index (χ3v) is 3.38. The zero-order chi connectivity index (χ0) is 13.5. The quantitative estimate of drug-likeness (QED) is 0.860. The molecule has 1 N–H and O–H groups in total. The van der Waals surface area contributed by atoms with Gasteiger partial charge in [0.05, 0.1) is 10.0 Å². The molecule has 6 heteroatoms. The maximum Gasteiger partial charge on any atom is 0.226 e. The average Bonchev–Trinajstić information content (AvgIpc) is 2.43. The molecule has 0 aliphatic heterocycles. The number of hydrogen-bond acceptors (Lipinski definition) is 4. The van der Waals surface area contributed by atoms with Crippen LogP contribution in [0.5, 0.6) is 0 Å². The van der Waals surface area contributed by atoms with Crippen molar-refractivity contribution in [1.29, 1.82) is 0 Å². The molecule has 1 amide bonds. The summed E-state index contributed by atoms with van der Waals surface area (Å²) in [5.74, 6) is 1.12. The van der Waals surface area contributed by atoms with E-state index in [1.807, 2.05) is 18.2 Å². The molecule has 19 heavy (non-hydrogen) atoms. The maximum atomic E-state index is 11.7. The van der Waals surface area contributed by atoms with Gasteiger partial charge in [-0.3, -0.25) is 4.79 Å². The van der Waals surface area contributed by atoms with Gasteiger partial charge in [-0.05, 0) is 24.3 Å². The van der Waals surface area contributed by atoms with Gasteiger partial charge in [-0.25, -0.2) is 9.97 Å². The van der Waals surface area contributed by atoms with Gasteiger partial charge in [-0.1, -0.05) is 17.7 Å². The average molecular weight is 294 g/mol. The highest BCUT2D eigenvalue weighted by Gasteiger charge is 2.04. The summed E-state index contributed by atoms with van der Waals surface area (Å²) in [6, 6.07) is 9.07. The smallest absolute Gasteiger partial charge is 0.226 e. The second-order valence-corrected chi connectivity index (χ2v) is 5.23. The zero-order valence-electron chi connectivity index (χ0n) is 10.0. The minimum absolute atomic E-state index is 0.0711. The van der Waals surface area contributed by atoms with Gasteiger partial charge in [0.2, 0.25) is 5.91 Å². The summed E-state index contributed by atoms with van der Waals surface area (Å²) < 4.78 is 0. The molecule has 0 saturated carbocycles. The highest BCUT2D eigenvalue weighted by Crippen LogP contribution is 2.15. The maximum absolute atomic E-state index is 11.7. The minimum Gasteiger partial charge on any atom is -0.311 e. The lowest BCUT2D eigenvalue weighted by molar-refractivity contribution is -0.115. The summed E-state index contributed by atoms with van der Waals surface area (Å²) in [4.78, 5) is 19.8. The Labute approximate surface area is 120 Å². The molecule has 2 rings (SSSR count). The Hall–Kier alpha value is -1.59. The third-order valence-electron chi connectivity index (χ3n) is 2.21. The molecule has 2 heterocycles. The van der Waals surface area contributed by atoms with Crippen molar-refractivity contribution in [3.05, 3.63) is 47.7 Å². The van der Waals surface area contributed by atoms with E-state index in [9.17, 15) is 4.79 Å². The first-order valence-electron chi connectivity index (χ1n) is 5.69. The van der Waals surface area contributed by atoms with Gasteiger partial charge < -0.3 is 5.32 Å². The van der Waals surface area contributed by atoms with Crippen molar-refractivity contribution in [3.8, 4) is 0 Å². The number of thioether (sulfide) groups is 1. The number of halogens is 1. The van der Waals surface area contributed by atoms with E-state index >= 15 is 0 Å². The van der Waals surface area contributed by atoms with Crippen LogP contribution in [0, 0.1) is 0 Å². The number of carbonyl (C=O) groups is 1. The lowest BCUT2D eigenvalue weighted by atomic mass is 10.4. The van der Waals surface area contributed by atoms with Crippen LogP contribution in [-0.2, 0) is 4.79 Å². The molecular weight excluding hydrogens is 282 g/mol. The molecule has 0 aromatic carbocycles. The highest BCUT2D eigenvalue weighted by molar-refractivity contribution is 7.99. The Morgan fingerprint density at radius 1 is 1.26 bits per heavy atom. The molecule has 0 spiro atoms. The highest BCUT2D eigenvalue weighted by atomic mass is 35.5. The van der Waals surface area contributed by atoms with Crippen LogP contribution < -0.4 is 5.32 Å². The van der Waals surface area contributed by atoms with Crippen LogP contribution in [0.25, 0.3) is 0 Å². The van der Waals surface area contributed by atoms with Crippen LogP contribution in [0.15, 0.2) is 47.8 Å². The first-order chi connectivity index (χ1) is 9.24. The van der Waals surface area contributed by atoms with Crippen molar-refractivity contribution in [2.24, 2.45) is 0 Å². The van der Waals surface area contributed by atoms with E-state index in [0.717, 1.165) is 5.03 Å². The van der Waals surface area contributed by atoms with Gasteiger partial charge in [-0.2, -0.15) is 0 Å². The van der Waals surface area contributed by atoms with Gasteiger partial charge in [0, 0.05) is 24.6 Å². The fraction of sp³-hybridized carbons (Fsp3) is 0.154. The molecule has 0 aliphatic rings. The van der Waals surface area contributed by atoms with Crippen molar-refractivity contribution < 1.29 is 4.79 Å². The van der Waals surface area contributed by atoms with E-state index in [-0.39, 0.29) is 5.91 Å². The summed E-state index contributed by atoms with van der Waals surface area (Å²) in [5.41, 5.74) is 0. The number of amides is 1. The number of nitrogens with zero attached hydrogens (tertiary/aromatic N) is 2. The van der Waals surface area contributed by atoms with Gasteiger partial charge in [0.1, 0.15) is 5.82 Å². The van der Waals surface area contributed by atoms with Gasteiger partial charge >= 0.3 is 0 Å². The fourth-order valence-corrected chi connectivity index (χ4v) is 2.25. The van der Waals surface area contributed by atoms with Crippen molar-refractivity contribution in [1.82, 2.24) is 9.97 Å². The first kappa shape index (κ1) is 13.8. The van der Waals surface area contributed by atoms with Crippen LogP contribution in [0.4, 0.5) is 5.82 Å². The molecule has 98 valence electrons. The second-order valence-electron chi connectivity index (χ2n) is 3.68. The monoisotopic (exact) mass is 293 g/mol.